The fourth-order valence-electron chi connectivity index (χ4n) is 3.13. The molecule has 2 N–H and O–H groups in total. The Kier molecular flexibility index (Phi) is 7.35. The van der Waals surface area contributed by atoms with Gasteiger partial charge in [-0.05, 0) is 50.6 Å². The van der Waals surface area contributed by atoms with Crippen LogP contribution in [0, 0.1) is 0 Å². The SMILES string of the molecule is CONc1cnc2c(c1)cc(C(=O)NCc1ccc(Cl)cc1)c(=O)n2CC(=O)OC(C)(C)C. The van der Waals surface area contributed by atoms with E-state index in [0.29, 0.717) is 16.1 Å². The molecule has 174 valence electrons. The van der Waals surface area contributed by atoms with Crippen molar-refractivity contribution < 1.29 is 19.2 Å². The standard InChI is InChI=1S/C23H25ClN4O5/c1-23(2,3)33-19(29)13-28-20-15(9-17(12-25-20)27-32-4)10-18(22(28)31)21(30)26-11-14-5-7-16(24)8-6-14/h5-10,12,27H,11,13H2,1-4H3,(H,26,30). The first kappa shape index (κ1) is 24.2. The molecule has 0 radical (unpaired) electrons. The molecule has 2 heterocycles. The van der Waals surface area contributed by atoms with Gasteiger partial charge in [0, 0.05) is 17.0 Å². The van der Waals surface area contributed by atoms with Crippen LogP contribution in [-0.2, 0) is 27.5 Å². The maximum Gasteiger partial charge on any atom is 0.326 e. The number of fused-ring (bicyclic) bond motifs is 1. The summed E-state index contributed by atoms with van der Waals surface area (Å²) in [6.45, 7) is 4.99. The number of rotatable bonds is 7. The fourth-order valence-corrected chi connectivity index (χ4v) is 3.26. The summed E-state index contributed by atoms with van der Waals surface area (Å²) in [4.78, 5) is 47.7. The van der Waals surface area contributed by atoms with Crippen LogP contribution in [0.25, 0.3) is 11.0 Å². The van der Waals surface area contributed by atoms with Gasteiger partial charge in [0.1, 0.15) is 23.4 Å². The first-order valence-corrected chi connectivity index (χ1v) is 10.5. The predicted molar refractivity (Wildman–Crippen MR) is 125 cm³/mol. The molecule has 0 aliphatic rings. The molecule has 2 aromatic heterocycles. The molecule has 0 unspecified atom stereocenters. The van der Waals surface area contributed by atoms with Crippen molar-refractivity contribution in [3.05, 3.63) is 69.1 Å². The number of hydrogen-bond acceptors (Lipinski definition) is 7. The lowest BCUT2D eigenvalue weighted by atomic mass is 10.1. The number of carbonyl (C=O) groups excluding carboxylic acids is 2. The molecule has 0 aliphatic heterocycles. The van der Waals surface area contributed by atoms with Crippen molar-refractivity contribution in [2.24, 2.45) is 0 Å². The first-order valence-electron chi connectivity index (χ1n) is 10.1. The highest BCUT2D eigenvalue weighted by atomic mass is 35.5. The summed E-state index contributed by atoms with van der Waals surface area (Å²) in [5, 5.41) is 3.78. The summed E-state index contributed by atoms with van der Waals surface area (Å²) in [5.74, 6) is -1.20. The fraction of sp³-hybridized carbons (Fsp3) is 0.304. The zero-order valence-corrected chi connectivity index (χ0v) is 19.5. The van der Waals surface area contributed by atoms with Gasteiger partial charge in [0.05, 0.1) is 19.0 Å². The number of ether oxygens (including phenoxy) is 1. The van der Waals surface area contributed by atoms with Crippen molar-refractivity contribution in [3.63, 3.8) is 0 Å². The average molecular weight is 473 g/mol. The molecule has 0 bridgehead atoms. The third-order valence-corrected chi connectivity index (χ3v) is 4.72. The molecule has 3 rings (SSSR count). The number of amides is 1. The van der Waals surface area contributed by atoms with Crippen molar-refractivity contribution in [2.75, 3.05) is 12.6 Å². The lowest BCUT2D eigenvalue weighted by Gasteiger charge is -2.20. The Balaban J connectivity index is 1.99. The van der Waals surface area contributed by atoms with Crippen LogP contribution in [0.1, 0.15) is 36.7 Å². The topological polar surface area (TPSA) is 112 Å². The number of halogens is 1. The Labute approximate surface area is 195 Å². The van der Waals surface area contributed by atoms with Gasteiger partial charge < -0.3 is 10.1 Å². The van der Waals surface area contributed by atoms with Gasteiger partial charge in [0.2, 0.25) is 0 Å². The van der Waals surface area contributed by atoms with E-state index in [9.17, 15) is 14.4 Å². The number of carbonyl (C=O) groups is 2. The minimum absolute atomic E-state index is 0.128. The van der Waals surface area contributed by atoms with Gasteiger partial charge in [-0.1, -0.05) is 23.7 Å². The number of pyridine rings is 2. The molecule has 0 spiro atoms. The van der Waals surface area contributed by atoms with E-state index < -0.39 is 29.6 Å². The number of esters is 1. The van der Waals surface area contributed by atoms with Crippen LogP contribution in [-0.4, -0.2) is 34.1 Å². The zero-order chi connectivity index (χ0) is 24.2. The molecule has 1 aromatic carbocycles. The van der Waals surface area contributed by atoms with E-state index in [0.717, 1.165) is 10.1 Å². The average Bonchev–Trinajstić information content (AvgIpc) is 2.74. The van der Waals surface area contributed by atoms with E-state index in [1.807, 2.05) is 0 Å². The van der Waals surface area contributed by atoms with Crippen LogP contribution < -0.4 is 16.4 Å². The number of benzene rings is 1. The number of anilines is 1. The van der Waals surface area contributed by atoms with Crippen LogP contribution in [0.4, 0.5) is 5.69 Å². The maximum absolute atomic E-state index is 13.2. The maximum atomic E-state index is 13.2. The largest absolute Gasteiger partial charge is 0.459 e. The van der Waals surface area contributed by atoms with Crippen LogP contribution in [0.15, 0.2) is 47.4 Å². The second kappa shape index (κ2) is 10.0. The Morgan fingerprint density at radius 2 is 1.85 bits per heavy atom. The smallest absolute Gasteiger partial charge is 0.326 e. The van der Waals surface area contributed by atoms with E-state index in [-0.39, 0.29) is 17.8 Å². The summed E-state index contributed by atoms with van der Waals surface area (Å²) in [6, 6.07) is 10.1. The molecule has 0 atom stereocenters. The monoisotopic (exact) mass is 472 g/mol. The Bertz CT molecular complexity index is 1230. The highest BCUT2D eigenvalue weighted by Gasteiger charge is 2.21. The molecule has 0 saturated heterocycles. The Morgan fingerprint density at radius 3 is 2.48 bits per heavy atom. The van der Waals surface area contributed by atoms with Gasteiger partial charge >= 0.3 is 5.97 Å². The summed E-state index contributed by atoms with van der Waals surface area (Å²) in [5.41, 5.74) is 2.71. The molecule has 0 saturated carbocycles. The Hall–Kier alpha value is -3.43. The van der Waals surface area contributed by atoms with Crippen LogP contribution in [0.5, 0.6) is 0 Å². The van der Waals surface area contributed by atoms with Gasteiger partial charge in [0.25, 0.3) is 11.5 Å². The quantitative estimate of drug-likeness (QED) is 0.401. The summed E-state index contributed by atoms with van der Waals surface area (Å²) < 4.78 is 6.49. The summed E-state index contributed by atoms with van der Waals surface area (Å²) in [7, 11) is 1.45. The summed E-state index contributed by atoms with van der Waals surface area (Å²) >= 11 is 5.89. The molecule has 33 heavy (non-hydrogen) atoms. The zero-order valence-electron chi connectivity index (χ0n) is 18.8. The lowest BCUT2D eigenvalue weighted by Crippen LogP contribution is -2.36. The number of nitrogens with one attached hydrogen (secondary N) is 2. The van der Waals surface area contributed by atoms with Gasteiger partial charge in [-0.2, -0.15) is 0 Å². The third-order valence-electron chi connectivity index (χ3n) is 4.46. The van der Waals surface area contributed by atoms with E-state index in [1.165, 1.54) is 19.4 Å². The summed E-state index contributed by atoms with van der Waals surface area (Å²) in [6.07, 6.45) is 1.46. The first-order chi connectivity index (χ1) is 15.6. The molecule has 1 amide bonds. The van der Waals surface area contributed by atoms with E-state index in [4.69, 9.17) is 21.2 Å². The highest BCUT2D eigenvalue weighted by molar-refractivity contribution is 6.30. The molecule has 0 fully saturated rings. The second-order valence-electron chi connectivity index (χ2n) is 8.29. The molecular weight excluding hydrogens is 448 g/mol. The number of hydrogen-bond donors (Lipinski definition) is 2. The van der Waals surface area contributed by atoms with Crippen molar-refractivity contribution in [3.8, 4) is 0 Å². The van der Waals surface area contributed by atoms with Crippen LogP contribution in [0.3, 0.4) is 0 Å². The van der Waals surface area contributed by atoms with E-state index >= 15 is 0 Å². The third kappa shape index (κ3) is 6.30. The molecule has 9 nitrogen and oxygen atoms in total. The molecule has 10 heteroatoms. The Morgan fingerprint density at radius 1 is 1.15 bits per heavy atom. The van der Waals surface area contributed by atoms with Crippen molar-refractivity contribution >= 4 is 40.2 Å². The van der Waals surface area contributed by atoms with Crippen LogP contribution >= 0.6 is 11.6 Å². The van der Waals surface area contributed by atoms with E-state index in [2.05, 4.69) is 15.8 Å². The molecular formula is C23H25ClN4O5. The minimum Gasteiger partial charge on any atom is -0.459 e. The minimum atomic E-state index is -0.729. The highest BCUT2D eigenvalue weighted by Crippen LogP contribution is 2.18. The predicted octanol–water partition coefficient (Wildman–Crippen LogP) is 3.29. The number of aromatic nitrogens is 2. The lowest BCUT2D eigenvalue weighted by molar-refractivity contribution is -0.155. The molecule has 3 aromatic rings. The van der Waals surface area contributed by atoms with Gasteiger partial charge in [-0.3, -0.25) is 29.3 Å². The van der Waals surface area contributed by atoms with Crippen LogP contribution in [0.2, 0.25) is 5.02 Å². The van der Waals surface area contributed by atoms with Crippen molar-refractivity contribution in [2.45, 2.75) is 39.5 Å². The van der Waals surface area contributed by atoms with E-state index in [1.54, 1.807) is 51.1 Å². The van der Waals surface area contributed by atoms with Gasteiger partial charge in [-0.25, -0.2) is 4.98 Å². The van der Waals surface area contributed by atoms with Gasteiger partial charge in [-0.15, -0.1) is 0 Å². The van der Waals surface area contributed by atoms with Crippen molar-refractivity contribution in [1.82, 2.24) is 14.9 Å². The number of nitrogens with zero attached hydrogens (tertiary/aromatic N) is 2. The van der Waals surface area contributed by atoms with Crippen molar-refractivity contribution in [1.29, 1.82) is 0 Å². The molecule has 0 aliphatic carbocycles. The second-order valence-corrected chi connectivity index (χ2v) is 8.72. The van der Waals surface area contributed by atoms with Gasteiger partial charge in [0.15, 0.2) is 0 Å². The normalized spacial score (nSPS) is 11.3.